The van der Waals surface area contributed by atoms with Gasteiger partial charge in [-0.05, 0) is 161 Å². The van der Waals surface area contributed by atoms with Gasteiger partial charge < -0.3 is 32.8 Å². The fourth-order valence-electron chi connectivity index (χ4n) is 12.8. The average molecular weight is 1520 g/mol. The number of oxazole rings is 1. The van der Waals surface area contributed by atoms with Gasteiger partial charge in [0.15, 0.2) is 13.1 Å². The molecule has 13 rings (SSSR count). The molecule has 1 saturated heterocycles. The summed E-state index contributed by atoms with van der Waals surface area (Å²) in [5.41, 5.74) is 10.6. The van der Waals surface area contributed by atoms with Gasteiger partial charge in [0.1, 0.15) is 28.3 Å². The molecular weight excluding hydrogens is 1430 g/mol. The fraction of sp³-hybridized carbons (Fsp3) is 0.342. The van der Waals surface area contributed by atoms with Crippen LogP contribution >= 0.6 is 69.7 Å². The first kappa shape index (κ1) is 76.2. The van der Waals surface area contributed by atoms with Crippen LogP contribution in [0.2, 0.25) is 0 Å². The molecule has 0 amide bonds. The predicted octanol–water partition coefficient (Wildman–Crippen LogP) is 15.2. The molecule has 7 aromatic rings. The summed E-state index contributed by atoms with van der Waals surface area (Å²) < 4.78 is 83.1. The first-order chi connectivity index (χ1) is 49.3. The number of benzene rings is 4. The summed E-state index contributed by atoms with van der Waals surface area (Å²) in [5, 5.41) is 6.67. The van der Waals surface area contributed by atoms with Gasteiger partial charge in [-0.1, -0.05) is 156 Å². The molecule has 102 heavy (non-hydrogen) atoms. The topological polar surface area (TPSA) is 170 Å². The molecule has 1 unspecified atom stereocenters. The Kier molecular flexibility index (Phi) is 27.1. The molecule has 1 atom stereocenters. The van der Waals surface area contributed by atoms with Crippen molar-refractivity contribution in [3.63, 3.8) is 0 Å². The van der Waals surface area contributed by atoms with Crippen molar-refractivity contribution in [3.8, 4) is 0 Å². The van der Waals surface area contributed by atoms with Gasteiger partial charge in [-0.25, -0.2) is 26.2 Å². The van der Waals surface area contributed by atoms with Crippen molar-refractivity contribution in [1.29, 1.82) is 0 Å². The van der Waals surface area contributed by atoms with Crippen molar-refractivity contribution < 1.29 is 44.1 Å². The van der Waals surface area contributed by atoms with Crippen LogP contribution in [0.15, 0.2) is 220 Å². The molecule has 0 N–H and O–H groups in total. The molecule has 0 bridgehead atoms. The Hall–Kier alpha value is -6.90. The number of rotatable bonds is 22. The summed E-state index contributed by atoms with van der Waals surface area (Å²) in [5.74, 6) is 1.60. The average Bonchev–Trinajstić information content (AvgIpc) is 1.67. The van der Waals surface area contributed by atoms with Gasteiger partial charge >= 0.3 is 5.63 Å². The fourth-order valence-corrected chi connectivity index (χ4v) is 20.3. The first-order valence-corrected chi connectivity index (χ1v) is 43.4. The normalized spacial score (nSPS) is 19.3. The highest BCUT2D eigenvalue weighted by molar-refractivity contribution is 8.14. The van der Waals surface area contributed by atoms with Crippen molar-refractivity contribution in [2.45, 2.75) is 113 Å². The lowest BCUT2D eigenvalue weighted by molar-refractivity contribution is -0.669. The first-order valence-electron chi connectivity index (χ1n) is 35.1. The molecule has 15 nitrogen and oxygen atoms in total. The number of aryl methyl sites for hydroxylation is 2. The summed E-state index contributed by atoms with van der Waals surface area (Å²) in [7, 11) is -4.56. The van der Waals surface area contributed by atoms with Crippen molar-refractivity contribution in [1.82, 2.24) is 9.47 Å². The van der Waals surface area contributed by atoms with Gasteiger partial charge in [0.05, 0.1) is 57.7 Å². The zero-order valence-electron chi connectivity index (χ0n) is 58.8. The van der Waals surface area contributed by atoms with Gasteiger partial charge in [0, 0.05) is 97.7 Å². The van der Waals surface area contributed by atoms with Crippen LogP contribution < -0.4 is 35.5 Å². The Bertz CT molecular complexity index is 5000. The van der Waals surface area contributed by atoms with Crippen LogP contribution in [-0.2, 0) is 40.9 Å². The third-order valence-electron chi connectivity index (χ3n) is 18.3. The highest BCUT2D eigenvalue weighted by Gasteiger charge is 2.27. The molecule has 0 saturated carbocycles. The Labute approximate surface area is 626 Å². The maximum absolute atomic E-state index is 12.4. The Balaban J connectivity index is 0.000000155. The number of aromatic nitrogens is 3. The molecule has 1 fully saturated rings. The van der Waals surface area contributed by atoms with Gasteiger partial charge in [0.25, 0.3) is 10.0 Å². The number of anilines is 2. The van der Waals surface area contributed by atoms with Crippen LogP contribution in [0.3, 0.4) is 0 Å². The third-order valence-corrected chi connectivity index (χ3v) is 27.0. The second kappa shape index (κ2) is 36.2. The highest BCUT2D eigenvalue weighted by Crippen LogP contribution is 2.48. The molecule has 4 aromatic carbocycles. The van der Waals surface area contributed by atoms with Gasteiger partial charge in [-0.2, -0.15) is 9.13 Å². The quantitative estimate of drug-likeness (QED) is 0.0463. The lowest BCUT2D eigenvalue weighted by Gasteiger charge is -2.19. The van der Waals surface area contributed by atoms with E-state index in [2.05, 4.69) is 197 Å². The van der Waals surface area contributed by atoms with E-state index in [0.29, 0.717) is 24.0 Å². The lowest BCUT2D eigenvalue weighted by Crippen LogP contribution is -2.37. The van der Waals surface area contributed by atoms with Crippen LogP contribution in [0.1, 0.15) is 102 Å². The number of fused-ring (bicyclic) bond motifs is 4. The van der Waals surface area contributed by atoms with E-state index in [0.717, 1.165) is 96.6 Å². The lowest BCUT2D eigenvalue weighted by atomic mass is 9.95. The van der Waals surface area contributed by atoms with E-state index in [1.807, 2.05) is 81.9 Å². The van der Waals surface area contributed by atoms with Gasteiger partial charge in [-0.15, -0.1) is 11.8 Å². The van der Waals surface area contributed by atoms with Crippen LogP contribution in [-0.4, -0.2) is 107 Å². The van der Waals surface area contributed by atoms with E-state index >= 15 is 0 Å². The molecular formula is C79H90N7O8S8+. The molecule has 0 spiro atoms. The molecule has 3 aromatic heterocycles. The van der Waals surface area contributed by atoms with Crippen molar-refractivity contribution >= 4 is 151 Å². The maximum Gasteiger partial charge on any atom is 0.361 e. The van der Waals surface area contributed by atoms with E-state index in [4.69, 9.17) is 4.42 Å². The summed E-state index contributed by atoms with van der Waals surface area (Å²) >= 11 is 10.7. The molecule has 0 radical (unpaired) electrons. The number of para-hydroxylation sites is 4. The van der Waals surface area contributed by atoms with Gasteiger partial charge in [0.2, 0.25) is 21.6 Å². The van der Waals surface area contributed by atoms with Gasteiger partial charge in [-0.3, -0.25) is 0 Å². The molecule has 2 aliphatic carbocycles. The van der Waals surface area contributed by atoms with Crippen molar-refractivity contribution in [2.75, 3.05) is 66.3 Å². The number of hydrogen-bond donors (Lipinski definition) is 0. The van der Waals surface area contributed by atoms with Crippen molar-refractivity contribution in [2.24, 2.45) is 14.1 Å². The minimum atomic E-state index is -4.29. The Morgan fingerprint density at radius 2 is 1.22 bits per heavy atom. The monoisotopic (exact) mass is 1520 g/mol. The van der Waals surface area contributed by atoms with Crippen LogP contribution in [0.25, 0.3) is 44.7 Å². The maximum atomic E-state index is 12.4. The van der Waals surface area contributed by atoms with E-state index in [1.54, 1.807) is 46.9 Å². The second-order valence-corrected chi connectivity index (χ2v) is 35.2. The van der Waals surface area contributed by atoms with Crippen molar-refractivity contribution in [3.05, 3.63) is 233 Å². The van der Waals surface area contributed by atoms with E-state index in [1.165, 1.54) is 100.0 Å². The van der Waals surface area contributed by atoms with E-state index in [-0.39, 0.29) is 18.6 Å². The molecule has 23 heteroatoms. The minimum absolute atomic E-state index is 0.286. The van der Waals surface area contributed by atoms with Crippen LogP contribution in [0.4, 0.5) is 11.4 Å². The number of allylic oxidation sites excluding steroid dienone is 14. The molecule has 4 aliphatic heterocycles. The predicted molar refractivity (Wildman–Crippen MR) is 429 cm³/mol. The Morgan fingerprint density at radius 1 is 0.637 bits per heavy atom. The number of unbranched alkanes of at least 4 members (excludes halogenated alkanes) is 1. The molecule has 7 heterocycles. The van der Waals surface area contributed by atoms with Crippen LogP contribution in [0, 0.1) is 0 Å². The standard InChI is InChI=1S/C30H32N2O3S3.C27H27N2S2.C22H31N3O5S3/c1-3-31-25-13-4-6-15-27(25)37-30(31)21-24-12-8-10-23(20-24)11-9-17-29-32(19-18-22(2)38(33,34)35)26-14-5-7-16-28(26)36-29;1-3-29-23-14-5-7-16-25(23)31-27(29)19-21-12-8-10-20(18-21)11-9-17-26-28(2)22-13-4-6-15-24(22)30-26;1-3-4-11-24-13-15-31-20(24)8-5-7-19-23(2)18(22(26)30-19)9-10-21-25(14-16-32-21)12-6-17-33(27,28)29/h4-7,9,11,13-17,20-22H,3,8,10,12,18-19H2,1-2H3;4-7,9,11,13-19H,3,8,10,12H2,1-2H3;5,7-10H,3-4,6,11-17H2,1-2H3/q;+1;/b;;18-9?,21-10+. The van der Waals surface area contributed by atoms with E-state index in [9.17, 15) is 30.7 Å². The summed E-state index contributed by atoms with van der Waals surface area (Å²) in [6.45, 7) is 13.9. The Morgan fingerprint density at radius 3 is 1.82 bits per heavy atom. The van der Waals surface area contributed by atoms with Crippen LogP contribution in [0.5, 0.6) is 0 Å². The summed E-state index contributed by atoms with van der Waals surface area (Å²) in [4.78, 5) is 21.9. The van der Waals surface area contributed by atoms with E-state index < -0.39 is 31.1 Å². The summed E-state index contributed by atoms with van der Waals surface area (Å²) in [6.07, 6.45) is 41.6. The zero-order chi connectivity index (χ0) is 71.8. The molecule has 536 valence electrons. The zero-order valence-corrected chi connectivity index (χ0v) is 65.3. The number of hydrogen-bond acceptors (Lipinski definition) is 17. The third kappa shape index (κ3) is 20.1. The summed E-state index contributed by atoms with van der Waals surface area (Å²) in [6, 6.07) is 34.0. The smallest absolute Gasteiger partial charge is 0.361 e. The number of thioether (sulfide) groups is 4. The largest absolute Gasteiger partial charge is 0.748 e. The highest BCUT2D eigenvalue weighted by atomic mass is 32.2. The second-order valence-electron chi connectivity index (χ2n) is 25.4. The SMILES string of the molecule is CCCC[N+]1=C(C=CC=c2oc(=O)c(=C/C=C3/SCCN3CCCS(=O)(=O)[O-])n2C)SCC1.CCN1/C(=C\C2=CC(=C/C=C/c3sc4ccccc4[n+]3CCC(C)S(=O)(=O)[O-])/CCC2)Sc2ccccc21.CCN1C(=CC2=C/C(=C\C=C\c3sc4ccccc4[n+]3C)CCC2)Sc2ccccc21. The minimum Gasteiger partial charge on any atom is -0.748 e. The molecule has 6 aliphatic rings. The number of thiazole rings is 2. The number of nitrogens with zero attached hydrogens (tertiary/aromatic N) is 7.